The largest absolute Gasteiger partial charge is 0.418 e. The van der Waals surface area contributed by atoms with Crippen molar-refractivity contribution < 1.29 is 22.0 Å². The van der Waals surface area contributed by atoms with Crippen molar-refractivity contribution in [3.8, 4) is 0 Å². The standard InChI is InChI=1S/C5H3ClF4N2O/c6-1-2-11-12-4(13-2)5(9,10)3(7)8/h3H,1H2. The second-order valence-corrected chi connectivity index (χ2v) is 2.33. The average molecular weight is 219 g/mol. The molecule has 0 bridgehead atoms. The van der Waals surface area contributed by atoms with E-state index in [0.717, 1.165) is 0 Å². The third-order valence-electron chi connectivity index (χ3n) is 1.14. The molecule has 0 fully saturated rings. The summed E-state index contributed by atoms with van der Waals surface area (Å²) in [4.78, 5) is 0. The van der Waals surface area contributed by atoms with E-state index in [-0.39, 0.29) is 11.8 Å². The highest BCUT2D eigenvalue weighted by Crippen LogP contribution is 2.33. The van der Waals surface area contributed by atoms with E-state index in [1.165, 1.54) is 0 Å². The zero-order valence-corrected chi connectivity index (χ0v) is 6.73. The molecule has 0 aromatic carbocycles. The summed E-state index contributed by atoms with van der Waals surface area (Å²) in [6, 6.07) is 0. The molecule has 1 aromatic heterocycles. The van der Waals surface area contributed by atoms with Crippen molar-refractivity contribution in [2.45, 2.75) is 18.2 Å². The SMILES string of the molecule is FC(F)C(F)(F)c1nnc(CCl)o1. The Morgan fingerprint density at radius 3 is 2.38 bits per heavy atom. The number of alkyl halides is 5. The molecule has 0 spiro atoms. The summed E-state index contributed by atoms with van der Waals surface area (Å²) in [7, 11) is 0. The van der Waals surface area contributed by atoms with Crippen LogP contribution in [0.5, 0.6) is 0 Å². The molecule has 13 heavy (non-hydrogen) atoms. The average Bonchev–Trinajstić information content (AvgIpc) is 2.51. The van der Waals surface area contributed by atoms with Crippen LogP contribution in [0.25, 0.3) is 0 Å². The second kappa shape index (κ2) is 3.49. The quantitative estimate of drug-likeness (QED) is 0.577. The van der Waals surface area contributed by atoms with E-state index < -0.39 is 18.2 Å². The van der Waals surface area contributed by atoms with Gasteiger partial charge >= 0.3 is 12.3 Å². The fraction of sp³-hybridized carbons (Fsp3) is 0.600. The van der Waals surface area contributed by atoms with Crippen LogP contribution in [0.4, 0.5) is 17.6 Å². The lowest BCUT2D eigenvalue weighted by Gasteiger charge is -2.08. The summed E-state index contributed by atoms with van der Waals surface area (Å²) in [5.74, 6) is -6.46. The van der Waals surface area contributed by atoms with Crippen molar-refractivity contribution in [3.05, 3.63) is 11.8 Å². The molecule has 0 saturated heterocycles. The van der Waals surface area contributed by atoms with E-state index in [2.05, 4.69) is 14.6 Å². The maximum atomic E-state index is 12.4. The van der Waals surface area contributed by atoms with Crippen molar-refractivity contribution in [1.82, 2.24) is 10.2 Å². The molecular weight excluding hydrogens is 216 g/mol. The Balaban J connectivity index is 2.93. The van der Waals surface area contributed by atoms with Crippen molar-refractivity contribution >= 4 is 11.6 Å². The summed E-state index contributed by atoms with van der Waals surface area (Å²) in [6.45, 7) is 0. The fourth-order valence-corrected chi connectivity index (χ4v) is 0.644. The van der Waals surface area contributed by atoms with Gasteiger partial charge in [0.1, 0.15) is 5.88 Å². The van der Waals surface area contributed by atoms with Gasteiger partial charge in [-0.15, -0.1) is 21.8 Å². The number of aromatic nitrogens is 2. The molecule has 3 nitrogen and oxygen atoms in total. The molecule has 0 radical (unpaired) electrons. The number of hydrogen-bond donors (Lipinski definition) is 0. The first-order valence-corrected chi connectivity index (χ1v) is 3.56. The fourth-order valence-electron chi connectivity index (χ4n) is 0.536. The number of hydrogen-bond acceptors (Lipinski definition) is 3. The third-order valence-corrected chi connectivity index (χ3v) is 1.37. The Kier molecular flexibility index (Phi) is 2.74. The second-order valence-electron chi connectivity index (χ2n) is 2.06. The number of rotatable bonds is 3. The first-order valence-electron chi connectivity index (χ1n) is 3.03. The van der Waals surface area contributed by atoms with Crippen LogP contribution in [0, 0.1) is 0 Å². The van der Waals surface area contributed by atoms with Crippen molar-refractivity contribution in [3.63, 3.8) is 0 Å². The lowest BCUT2D eigenvalue weighted by molar-refractivity contribution is -0.151. The van der Waals surface area contributed by atoms with Crippen LogP contribution in [-0.2, 0) is 11.8 Å². The summed E-state index contributed by atoms with van der Waals surface area (Å²) in [5.41, 5.74) is 0. The molecule has 0 amide bonds. The monoisotopic (exact) mass is 218 g/mol. The van der Waals surface area contributed by atoms with Crippen molar-refractivity contribution in [2.75, 3.05) is 0 Å². The van der Waals surface area contributed by atoms with Crippen LogP contribution in [0.2, 0.25) is 0 Å². The molecule has 0 saturated carbocycles. The number of nitrogens with zero attached hydrogens (tertiary/aromatic N) is 2. The molecular formula is C5H3ClF4N2O. The Morgan fingerprint density at radius 2 is 2.00 bits per heavy atom. The van der Waals surface area contributed by atoms with Crippen LogP contribution in [0.15, 0.2) is 4.42 Å². The van der Waals surface area contributed by atoms with Gasteiger partial charge in [-0.05, 0) is 0 Å². The van der Waals surface area contributed by atoms with Gasteiger partial charge in [-0.3, -0.25) is 0 Å². The first-order chi connectivity index (χ1) is 5.98. The van der Waals surface area contributed by atoms with Crippen LogP contribution in [-0.4, -0.2) is 16.6 Å². The van der Waals surface area contributed by atoms with Crippen LogP contribution < -0.4 is 0 Å². The lowest BCUT2D eigenvalue weighted by atomic mass is 10.3. The van der Waals surface area contributed by atoms with Gasteiger partial charge in [-0.2, -0.15) is 8.78 Å². The molecule has 0 N–H and O–H groups in total. The Labute approximate surface area is 74.7 Å². The molecule has 0 aliphatic carbocycles. The zero-order valence-electron chi connectivity index (χ0n) is 5.98. The van der Waals surface area contributed by atoms with E-state index in [0.29, 0.717) is 0 Å². The minimum Gasteiger partial charge on any atom is -0.418 e. The molecule has 0 aliphatic rings. The van der Waals surface area contributed by atoms with Gasteiger partial charge in [0.05, 0.1) is 0 Å². The van der Waals surface area contributed by atoms with Gasteiger partial charge < -0.3 is 4.42 Å². The normalized spacial score (nSPS) is 12.5. The van der Waals surface area contributed by atoms with Crippen LogP contribution in [0.1, 0.15) is 11.8 Å². The molecule has 0 atom stereocenters. The highest BCUT2D eigenvalue weighted by molar-refractivity contribution is 6.16. The number of halogens is 5. The predicted molar refractivity (Wildman–Crippen MR) is 33.8 cm³/mol. The van der Waals surface area contributed by atoms with Gasteiger partial charge in [0.25, 0.3) is 5.89 Å². The summed E-state index contributed by atoms with van der Waals surface area (Å²) in [5, 5.41) is 5.77. The summed E-state index contributed by atoms with van der Waals surface area (Å²) < 4.78 is 52.5. The topological polar surface area (TPSA) is 38.9 Å². The van der Waals surface area contributed by atoms with E-state index in [1.54, 1.807) is 0 Å². The van der Waals surface area contributed by atoms with Crippen LogP contribution in [0.3, 0.4) is 0 Å². The highest BCUT2D eigenvalue weighted by Gasteiger charge is 2.48. The Morgan fingerprint density at radius 1 is 1.38 bits per heavy atom. The Hall–Kier alpha value is -0.850. The molecule has 0 unspecified atom stereocenters. The zero-order chi connectivity index (χ0) is 10.1. The van der Waals surface area contributed by atoms with Gasteiger partial charge in [0.15, 0.2) is 0 Å². The van der Waals surface area contributed by atoms with E-state index in [9.17, 15) is 17.6 Å². The van der Waals surface area contributed by atoms with Gasteiger partial charge in [-0.25, -0.2) is 8.78 Å². The van der Waals surface area contributed by atoms with Crippen molar-refractivity contribution in [1.29, 1.82) is 0 Å². The molecule has 8 heteroatoms. The molecule has 1 rings (SSSR count). The third kappa shape index (κ3) is 1.90. The van der Waals surface area contributed by atoms with E-state index in [4.69, 9.17) is 11.6 Å². The van der Waals surface area contributed by atoms with Crippen molar-refractivity contribution in [2.24, 2.45) is 0 Å². The minimum absolute atomic E-state index is 0.299. The van der Waals surface area contributed by atoms with Gasteiger partial charge in [0, 0.05) is 0 Å². The molecule has 1 aromatic rings. The maximum Gasteiger partial charge on any atom is 0.382 e. The van der Waals surface area contributed by atoms with E-state index >= 15 is 0 Å². The van der Waals surface area contributed by atoms with Crippen LogP contribution >= 0.6 is 11.6 Å². The van der Waals surface area contributed by atoms with E-state index in [1.807, 2.05) is 0 Å². The molecule has 0 aliphatic heterocycles. The van der Waals surface area contributed by atoms with Gasteiger partial charge in [-0.1, -0.05) is 0 Å². The maximum absolute atomic E-state index is 12.4. The highest BCUT2D eigenvalue weighted by atomic mass is 35.5. The smallest absolute Gasteiger partial charge is 0.382 e. The summed E-state index contributed by atoms with van der Waals surface area (Å²) >= 11 is 5.14. The lowest BCUT2D eigenvalue weighted by Crippen LogP contribution is -2.23. The summed E-state index contributed by atoms with van der Waals surface area (Å²) in [6.07, 6.45) is -3.88. The molecule has 74 valence electrons. The minimum atomic E-state index is -4.42. The Bertz CT molecular complexity index is 290. The van der Waals surface area contributed by atoms with Gasteiger partial charge in [0.2, 0.25) is 5.89 Å². The first kappa shape index (κ1) is 10.2. The molecule has 1 heterocycles. The predicted octanol–water partition coefficient (Wildman–Crippen LogP) is 2.17.